The van der Waals surface area contributed by atoms with Crippen LogP contribution in [0.3, 0.4) is 0 Å². The molecule has 10 nitrogen and oxygen atoms in total. The second-order valence-electron chi connectivity index (χ2n) is 17.7. The van der Waals surface area contributed by atoms with E-state index in [0.717, 1.165) is 59.7 Å². The molecule has 1 unspecified atom stereocenters. The van der Waals surface area contributed by atoms with E-state index in [9.17, 15) is 9.90 Å². The number of amides is 1. The Balaban J connectivity index is 1.42. The molecule has 2 N–H and O–H groups in total. The number of hydrogen-bond donors (Lipinski definition) is 2. The SMILES string of the molecule is COCCCC(O[C@H]1CN(C(=O)O)C[C@@H](O[Si](C(C)C)(C(C)C)C(C)C)[C@@H]1c1ccc(OCCCOCc2ccccc2OC)cc1)c1ccc2c(c1)NCC2(C)C. The Morgan fingerprint density at radius 2 is 1.57 bits per heavy atom. The van der Waals surface area contributed by atoms with Gasteiger partial charge in [0.1, 0.15) is 11.5 Å². The number of carbonyl (C=O) groups is 1. The number of para-hydroxylation sites is 1. The standard InChI is InChI=1S/C47H70N2O8Si/c1-32(2)58(33(3)4,34(5)6)57-44-29-49(46(50)51)28-43(56-42(17-13-24-52-9)36-20-23-39-40(27-36)48-31-47(39,7)8)45(44)35-18-21-38(22-19-35)55-26-14-25-54-30-37-15-11-12-16-41(37)53-10/h11-12,15-16,18-23,27,32-34,42-45,48H,13-14,17,24-26,28-31H2,1-10H3,(H,50,51)/t42?,43-,44+,45+/m0/s1. The average molecular weight is 819 g/mol. The number of ether oxygens (including phenoxy) is 5. The van der Waals surface area contributed by atoms with Gasteiger partial charge < -0.3 is 43.4 Å². The Morgan fingerprint density at radius 1 is 0.879 bits per heavy atom. The van der Waals surface area contributed by atoms with Gasteiger partial charge in [-0.2, -0.15) is 0 Å². The molecule has 0 aromatic heterocycles. The average Bonchev–Trinajstić information content (AvgIpc) is 3.50. The molecule has 0 radical (unpaired) electrons. The Labute approximate surface area is 349 Å². The smallest absolute Gasteiger partial charge is 0.407 e. The van der Waals surface area contributed by atoms with E-state index in [4.69, 9.17) is 28.1 Å². The summed E-state index contributed by atoms with van der Waals surface area (Å²) in [6.45, 7) is 21.7. The molecule has 5 rings (SSSR count). The lowest BCUT2D eigenvalue weighted by Gasteiger charge is -2.50. The molecule has 1 amide bonds. The third kappa shape index (κ3) is 10.8. The third-order valence-electron chi connectivity index (χ3n) is 12.4. The molecule has 3 aromatic carbocycles. The fourth-order valence-corrected chi connectivity index (χ4v) is 15.0. The fraction of sp³-hybridized carbons (Fsp3) is 0.596. The zero-order valence-electron chi connectivity index (χ0n) is 36.7. The van der Waals surface area contributed by atoms with Crippen LogP contribution in [0.5, 0.6) is 11.5 Å². The first kappa shape index (κ1) is 45.5. The highest BCUT2D eigenvalue weighted by Crippen LogP contribution is 2.47. The van der Waals surface area contributed by atoms with Gasteiger partial charge in [0.05, 0.1) is 51.8 Å². The Bertz CT molecular complexity index is 1730. The molecular formula is C47H70N2O8Si. The van der Waals surface area contributed by atoms with Crippen molar-refractivity contribution in [3.63, 3.8) is 0 Å². The number of nitrogens with zero attached hydrogens (tertiary/aromatic N) is 1. The van der Waals surface area contributed by atoms with Gasteiger partial charge in [0.2, 0.25) is 8.32 Å². The molecule has 0 spiro atoms. The van der Waals surface area contributed by atoms with Crippen LogP contribution in [0.4, 0.5) is 10.5 Å². The summed E-state index contributed by atoms with van der Waals surface area (Å²) >= 11 is 0. The van der Waals surface area contributed by atoms with Gasteiger partial charge in [-0.05, 0) is 70.4 Å². The molecule has 0 bridgehead atoms. The van der Waals surface area contributed by atoms with Gasteiger partial charge >= 0.3 is 6.09 Å². The van der Waals surface area contributed by atoms with Crippen molar-refractivity contribution in [2.24, 2.45) is 0 Å². The summed E-state index contributed by atoms with van der Waals surface area (Å²) in [6, 6.07) is 22.8. The Hall–Kier alpha value is -3.61. The zero-order valence-corrected chi connectivity index (χ0v) is 37.7. The van der Waals surface area contributed by atoms with Crippen LogP contribution in [0, 0.1) is 0 Å². The molecule has 1 saturated heterocycles. The second-order valence-corrected chi connectivity index (χ2v) is 23.1. The number of anilines is 1. The van der Waals surface area contributed by atoms with Crippen LogP contribution in [0.25, 0.3) is 0 Å². The number of rotatable bonds is 21. The predicted octanol–water partition coefficient (Wildman–Crippen LogP) is 10.6. The van der Waals surface area contributed by atoms with Crippen molar-refractivity contribution >= 4 is 20.1 Å². The number of likely N-dealkylation sites (tertiary alicyclic amines) is 1. The van der Waals surface area contributed by atoms with E-state index in [1.54, 1.807) is 14.2 Å². The number of piperidine rings is 1. The maximum Gasteiger partial charge on any atom is 0.407 e. The number of carboxylic acid groups (broad SMARTS) is 1. The van der Waals surface area contributed by atoms with Crippen LogP contribution in [-0.2, 0) is 30.7 Å². The van der Waals surface area contributed by atoms with Crippen LogP contribution in [-0.4, -0.2) is 90.3 Å². The molecule has 11 heteroatoms. The van der Waals surface area contributed by atoms with Gasteiger partial charge in [-0.25, -0.2) is 4.79 Å². The Morgan fingerprint density at radius 3 is 2.22 bits per heavy atom. The summed E-state index contributed by atoms with van der Waals surface area (Å²) in [5.74, 6) is 1.38. The fourth-order valence-electron chi connectivity index (χ4n) is 9.46. The maximum absolute atomic E-state index is 12.9. The zero-order chi connectivity index (χ0) is 42.0. The van der Waals surface area contributed by atoms with Crippen molar-refractivity contribution in [1.82, 2.24) is 4.90 Å². The van der Waals surface area contributed by atoms with Crippen LogP contribution in [0.2, 0.25) is 16.6 Å². The molecule has 0 aliphatic carbocycles. The van der Waals surface area contributed by atoms with Gasteiger partial charge in [0.25, 0.3) is 0 Å². The van der Waals surface area contributed by atoms with E-state index in [-0.39, 0.29) is 30.5 Å². The summed E-state index contributed by atoms with van der Waals surface area (Å²) < 4.78 is 37.9. The molecule has 2 aliphatic rings. The normalized spacial score (nSPS) is 19.7. The highest BCUT2D eigenvalue weighted by molar-refractivity contribution is 6.77. The molecule has 4 atom stereocenters. The molecule has 2 heterocycles. The van der Waals surface area contributed by atoms with Crippen molar-refractivity contribution in [2.75, 3.05) is 59.0 Å². The minimum atomic E-state index is -2.45. The van der Waals surface area contributed by atoms with Crippen molar-refractivity contribution in [1.29, 1.82) is 0 Å². The Kier molecular flexibility index (Phi) is 16.1. The minimum absolute atomic E-state index is 0.0432. The lowest BCUT2D eigenvalue weighted by molar-refractivity contribution is -0.0923. The predicted molar refractivity (Wildman–Crippen MR) is 234 cm³/mol. The lowest BCUT2D eigenvalue weighted by atomic mass is 9.84. The van der Waals surface area contributed by atoms with Crippen LogP contribution in [0.15, 0.2) is 66.7 Å². The van der Waals surface area contributed by atoms with Crippen molar-refractivity contribution in [2.45, 2.75) is 128 Å². The molecule has 58 heavy (non-hydrogen) atoms. The van der Waals surface area contributed by atoms with Crippen molar-refractivity contribution in [3.8, 4) is 11.5 Å². The quantitative estimate of drug-likeness (QED) is 0.0802. The highest BCUT2D eigenvalue weighted by atomic mass is 28.4. The number of benzene rings is 3. The molecule has 3 aromatic rings. The second kappa shape index (κ2) is 20.6. The first-order chi connectivity index (χ1) is 27.7. The number of methoxy groups -OCH3 is 2. The van der Waals surface area contributed by atoms with Crippen molar-refractivity contribution < 1.29 is 38.0 Å². The summed E-state index contributed by atoms with van der Waals surface area (Å²) in [4.78, 5) is 14.4. The maximum atomic E-state index is 12.9. The molecule has 1 fully saturated rings. The van der Waals surface area contributed by atoms with E-state index in [1.807, 2.05) is 36.4 Å². The first-order valence-corrected chi connectivity index (χ1v) is 23.5. The number of hydrogen-bond acceptors (Lipinski definition) is 8. The van der Waals surface area contributed by atoms with Crippen molar-refractivity contribution in [3.05, 3.63) is 89.0 Å². The monoisotopic (exact) mass is 818 g/mol. The molecule has 320 valence electrons. The number of fused-ring (bicyclic) bond motifs is 1. The summed E-state index contributed by atoms with van der Waals surface area (Å²) in [6.07, 6.45) is 0.177. The van der Waals surface area contributed by atoms with Gasteiger partial charge in [0.15, 0.2) is 0 Å². The van der Waals surface area contributed by atoms with E-state index < -0.39 is 26.6 Å². The van der Waals surface area contributed by atoms with Gasteiger partial charge in [-0.3, -0.25) is 0 Å². The number of nitrogens with one attached hydrogen (secondary N) is 1. The molecular weight excluding hydrogens is 749 g/mol. The summed E-state index contributed by atoms with van der Waals surface area (Å²) in [5, 5.41) is 14.2. The summed E-state index contributed by atoms with van der Waals surface area (Å²) in [7, 11) is 0.944. The van der Waals surface area contributed by atoms with Gasteiger partial charge in [-0.1, -0.05) is 97.9 Å². The molecule has 0 saturated carbocycles. The first-order valence-electron chi connectivity index (χ1n) is 21.3. The minimum Gasteiger partial charge on any atom is -0.496 e. The topological polar surface area (TPSA) is 108 Å². The van der Waals surface area contributed by atoms with Crippen LogP contribution in [0.1, 0.15) is 109 Å². The van der Waals surface area contributed by atoms with Crippen LogP contribution >= 0.6 is 0 Å². The highest BCUT2D eigenvalue weighted by Gasteiger charge is 2.51. The largest absolute Gasteiger partial charge is 0.496 e. The van der Waals surface area contributed by atoms with Gasteiger partial charge in [-0.15, -0.1) is 0 Å². The van der Waals surface area contributed by atoms with E-state index >= 15 is 0 Å². The third-order valence-corrected chi connectivity index (χ3v) is 18.5. The molecule has 2 aliphatic heterocycles. The lowest BCUT2D eigenvalue weighted by Crippen LogP contribution is -2.59. The van der Waals surface area contributed by atoms with E-state index in [0.29, 0.717) is 43.1 Å². The summed E-state index contributed by atoms with van der Waals surface area (Å²) in [5.41, 5.74) is 6.61. The van der Waals surface area contributed by atoms with Crippen LogP contribution < -0.4 is 14.8 Å². The van der Waals surface area contributed by atoms with Gasteiger partial charge in [0, 0.05) is 55.8 Å². The van der Waals surface area contributed by atoms with E-state index in [2.05, 4.69) is 91.0 Å². The van der Waals surface area contributed by atoms with E-state index in [1.165, 1.54) is 10.5 Å².